The maximum Gasteiger partial charge on any atom is 0.339 e. The number of ketones is 1. The summed E-state index contributed by atoms with van der Waals surface area (Å²) in [5, 5.41) is 14.4. The Kier molecular flexibility index (Phi) is 5.21. The van der Waals surface area contributed by atoms with Gasteiger partial charge in [0.05, 0.1) is 10.5 Å². The largest absolute Gasteiger partial charge is 0.451 e. The number of anilines is 1. The SMILES string of the molecule is Cc1ccc(C(=O)[C@@H](C)OC(=O)c2ccc(NC3CC3)c([N+](=O)[O-])c2)cc1. The first-order chi connectivity index (χ1) is 12.8. The molecule has 0 spiro atoms. The third kappa shape index (κ3) is 4.49. The molecule has 27 heavy (non-hydrogen) atoms. The van der Waals surface area contributed by atoms with Crippen molar-refractivity contribution < 1.29 is 19.2 Å². The molecule has 2 aromatic carbocycles. The summed E-state index contributed by atoms with van der Waals surface area (Å²) in [6, 6.07) is 11.3. The third-order valence-corrected chi connectivity index (χ3v) is 4.36. The Morgan fingerprint density at radius 3 is 2.37 bits per heavy atom. The summed E-state index contributed by atoms with van der Waals surface area (Å²) in [6.45, 7) is 3.39. The highest BCUT2D eigenvalue weighted by Gasteiger charge is 2.27. The van der Waals surface area contributed by atoms with Crippen molar-refractivity contribution in [1.29, 1.82) is 0 Å². The van der Waals surface area contributed by atoms with E-state index >= 15 is 0 Å². The Morgan fingerprint density at radius 2 is 1.78 bits per heavy atom. The number of aryl methyl sites for hydroxylation is 1. The molecule has 0 aromatic heterocycles. The standard InChI is InChI=1S/C20H20N2O5/c1-12-3-5-14(6-4-12)19(23)13(2)27-20(24)15-7-10-17(21-16-8-9-16)18(11-15)22(25)26/h3-7,10-11,13,16,21H,8-9H2,1-2H3/t13-/m1/s1. The van der Waals surface area contributed by atoms with E-state index in [1.807, 2.05) is 6.92 Å². The van der Waals surface area contributed by atoms with Gasteiger partial charge in [0.2, 0.25) is 5.78 Å². The maximum atomic E-state index is 12.4. The van der Waals surface area contributed by atoms with Crippen LogP contribution in [-0.2, 0) is 4.74 Å². The summed E-state index contributed by atoms with van der Waals surface area (Å²) in [6.07, 6.45) is 0.947. The van der Waals surface area contributed by atoms with E-state index in [2.05, 4.69) is 5.32 Å². The fraction of sp³-hybridized carbons (Fsp3) is 0.300. The smallest absolute Gasteiger partial charge is 0.339 e. The quantitative estimate of drug-likeness (QED) is 0.344. The van der Waals surface area contributed by atoms with Gasteiger partial charge in [-0.1, -0.05) is 29.8 Å². The number of Topliss-reactive ketones (excluding diaryl/α,β-unsaturated/α-hetero) is 1. The van der Waals surface area contributed by atoms with Gasteiger partial charge < -0.3 is 10.1 Å². The molecular weight excluding hydrogens is 348 g/mol. The van der Waals surface area contributed by atoms with Crippen molar-refractivity contribution in [3.8, 4) is 0 Å². The second-order valence-corrected chi connectivity index (χ2v) is 6.69. The molecule has 0 radical (unpaired) electrons. The van der Waals surface area contributed by atoms with Crippen molar-refractivity contribution in [3.05, 3.63) is 69.3 Å². The van der Waals surface area contributed by atoms with Crippen molar-refractivity contribution in [1.82, 2.24) is 0 Å². The summed E-state index contributed by atoms with van der Waals surface area (Å²) >= 11 is 0. The zero-order valence-electron chi connectivity index (χ0n) is 15.1. The molecule has 0 heterocycles. The predicted molar refractivity (Wildman–Crippen MR) is 100 cm³/mol. The first kappa shape index (κ1) is 18.6. The van der Waals surface area contributed by atoms with Gasteiger partial charge in [-0.15, -0.1) is 0 Å². The monoisotopic (exact) mass is 368 g/mol. The van der Waals surface area contributed by atoms with Crippen LogP contribution in [0.5, 0.6) is 0 Å². The lowest BCUT2D eigenvalue weighted by Crippen LogP contribution is -2.24. The minimum absolute atomic E-state index is 0.0339. The molecule has 7 nitrogen and oxygen atoms in total. The van der Waals surface area contributed by atoms with E-state index in [0.717, 1.165) is 18.4 Å². The summed E-state index contributed by atoms with van der Waals surface area (Å²) in [7, 11) is 0. The van der Waals surface area contributed by atoms with Crippen molar-refractivity contribution >= 4 is 23.1 Å². The van der Waals surface area contributed by atoms with E-state index in [9.17, 15) is 19.7 Å². The first-order valence-electron chi connectivity index (χ1n) is 8.72. The van der Waals surface area contributed by atoms with Gasteiger partial charge >= 0.3 is 5.97 Å². The molecule has 1 fully saturated rings. The summed E-state index contributed by atoms with van der Waals surface area (Å²) in [4.78, 5) is 35.5. The van der Waals surface area contributed by atoms with E-state index in [0.29, 0.717) is 11.3 Å². The third-order valence-electron chi connectivity index (χ3n) is 4.36. The number of nitrogens with one attached hydrogen (secondary N) is 1. The molecule has 1 atom stereocenters. The fourth-order valence-corrected chi connectivity index (χ4v) is 2.61. The Hall–Kier alpha value is -3.22. The molecule has 0 bridgehead atoms. The van der Waals surface area contributed by atoms with Gasteiger partial charge in [0.15, 0.2) is 6.10 Å². The van der Waals surface area contributed by atoms with E-state index < -0.39 is 17.0 Å². The van der Waals surface area contributed by atoms with Crippen LogP contribution in [-0.4, -0.2) is 28.8 Å². The van der Waals surface area contributed by atoms with E-state index in [4.69, 9.17) is 4.74 Å². The van der Waals surface area contributed by atoms with Gasteiger partial charge in [-0.2, -0.15) is 0 Å². The van der Waals surface area contributed by atoms with Gasteiger partial charge in [0.1, 0.15) is 5.69 Å². The number of carbonyl (C=O) groups is 2. The van der Waals surface area contributed by atoms with E-state index in [-0.39, 0.29) is 23.1 Å². The number of esters is 1. The second-order valence-electron chi connectivity index (χ2n) is 6.69. The van der Waals surface area contributed by atoms with Gasteiger partial charge in [0, 0.05) is 17.7 Å². The minimum Gasteiger partial charge on any atom is -0.451 e. The van der Waals surface area contributed by atoms with Crippen LogP contribution in [0.3, 0.4) is 0 Å². The highest BCUT2D eigenvalue weighted by molar-refractivity contribution is 6.01. The highest BCUT2D eigenvalue weighted by Crippen LogP contribution is 2.31. The lowest BCUT2D eigenvalue weighted by molar-refractivity contribution is -0.384. The van der Waals surface area contributed by atoms with Crippen molar-refractivity contribution in [2.24, 2.45) is 0 Å². The molecule has 1 aliphatic rings. The number of benzene rings is 2. The molecule has 3 rings (SSSR count). The molecule has 1 saturated carbocycles. The zero-order valence-corrected chi connectivity index (χ0v) is 15.1. The van der Waals surface area contributed by atoms with Crippen molar-refractivity contribution in [2.45, 2.75) is 38.8 Å². The normalized spacial score (nSPS) is 14.3. The van der Waals surface area contributed by atoms with Crippen LogP contribution in [0.1, 0.15) is 46.0 Å². The van der Waals surface area contributed by atoms with Crippen molar-refractivity contribution in [2.75, 3.05) is 5.32 Å². The molecule has 0 saturated heterocycles. The van der Waals surface area contributed by atoms with Gasteiger partial charge in [0.25, 0.3) is 5.69 Å². The lowest BCUT2D eigenvalue weighted by Gasteiger charge is -2.13. The number of nitrogens with zero attached hydrogens (tertiary/aromatic N) is 1. The van der Waals surface area contributed by atoms with Crippen LogP contribution >= 0.6 is 0 Å². The van der Waals surface area contributed by atoms with Crippen LogP contribution in [0.2, 0.25) is 0 Å². The Labute approximate surface area is 156 Å². The summed E-state index contributed by atoms with van der Waals surface area (Å²) < 4.78 is 5.22. The Bertz CT molecular complexity index is 888. The first-order valence-corrected chi connectivity index (χ1v) is 8.72. The number of nitro groups is 1. The average Bonchev–Trinajstić information content (AvgIpc) is 3.45. The number of ether oxygens (including phenoxy) is 1. The Balaban J connectivity index is 1.72. The number of hydrogen-bond donors (Lipinski definition) is 1. The number of carbonyl (C=O) groups excluding carboxylic acids is 2. The minimum atomic E-state index is -0.997. The highest BCUT2D eigenvalue weighted by atomic mass is 16.6. The molecule has 1 aliphatic carbocycles. The van der Waals surface area contributed by atoms with Gasteiger partial charge in [-0.05, 0) is 38.8 Å². The number of nitro benzene ring substituents is 1. The predicted octanol–water partition coefficient (Wildman–Crippen LogP) is 3.91. The van der Waals surface area contributed by atoms with Crippen LogP contribution in [0.4, 0.5) is 11.4 Å². The topological polar surface area (TPSA) is 98.5 Å². The molecular formula is C20H20N2O5. The molecule has 140 valence electrons. The molecule has 0 amide bonds. The molecule has 0 unspecified atom stereocenters. The second kappa shape index (κ2) is 7.57. The number of rotatable bonds is 7. The Morgan fingerprint density at radius 1 is 1.15 bits per heavy atom. The molecule has 7 heteroatoms. The maximum absolute atomic E-state index is 12.4. The van der Waals surface area contributed by atoms with Crippen LogP contribution in [0.25, 0.3) is 0 Å². The molecule has 2 aromatic rings. The van der Waals surface area contributed by atoms with Gasteiger partial charge in [-0.3, -0.25) is 14.9 Å². The number of hydrogen-bond acceptors (Lipinski definition) is 6. The molecule has 1 N–H and O–H groups in total. The zero-order chi connectivity index (χ0) is 19.6. The van der Waals surface area contributed by atoms with E-state index in [1.54, 1.807) is 24.3 Å². The van der Waals surface area contributed by atoms with Crippen molar-refractivity contribution in [3.63, 3.8) is 0 Å². The van der Waals surface area contributed by atoms with E-state index in [1.165, 1.54) is 25.1 Å². The van der Waals surface area contributed by atoms with Crippen LogP contribution in [0, 0.1) is 17.0 Å². The van der Waals surface area contributed by atoms with Gasteiger partial charge in [-0.25, -0.2) is 4.79 Å². The van der Waals surface area contributed by atoms with Crippen LogP contribution < -0.4 is 5.32 Å². The molecule has 0 aliphatic heterocycles. The summed E-state index contributed by atoms with van der Waals surface area (Å²) in [5.41, 5.74) is 1.68. The van der Waals surface area contributed by atoms with Crippen LogP contribution in [0.15, 0.2) is 42.5 Å². The average molecular weight is 368 g/mol. The lowest BCUT2D eigenvalue weighted by atomic mass is 10.1. The fourth-order valence-electron chi connectivity index (χ4n) is 2.61. The summed E-state index contributed by atoms with van der Waals surface area (Å²) in [5.74, 6) is -1.10.